The van der Waals surface area contributed by atoms with Crippen molar-refractivity contribution >= 4 is 35.9 Å². The molecule has 1 aromatic heterocycles. The number of rotatable bonds is 0. The third kappa shape index (κ3) is 1.62. The molecule has 2 aromatic rings. The summed E-state index contributed by atoms with van der Waals surface area (Å²) in [5.41, 5.74) is 0.727. The van der Waals surface area contributed by atoms with Crippen molar-refractivity contribution in [3.05, 3.63) is 36.5 Å². The zero-order valence-electron chi connectivity index (χ0n) is 6.27. The molecule has 3 nitrogen and oxygen atoms in total. The van der Waals surface area contributed by atoms with Gasteiger partial charge < -0.3 is 5.11 Å². The number of para-hydroxylation sites is 1. The van der Waals surface area contributed by atoms with Crippen LogP contribution in [0.3, 0.4) is 0 Å². The summed E-state index contributed by atoms with van der Waals surface area (Å²) < 4.78 is 1.20. The maximum absolute atomic E-state index is 10.6. The van der Waals surface area contributed by atoms with Gasteiger partial charge in [-0.1, -0.05) is 18.2 Å². The van der Waals surface area contributed by atoms with Gasteiger partial charge in [0.2, 0.25) is 0 Å². The van der Waals surface area contributed by atoms with Crippen molar-refractivity contribution in [1.29, 1.82) is 0 Å². The van der Waals surface area contributed by atoms with E-state index in [4.69, 9.17) is 5.11 Å². The van der Waals surface area contributed by atoms with Gasteiger partial charge in [0.25, 0.3) is 0 Å². The zero-order valence-corrected chi connectivity index (χ0v) is 6.27. The first-order valence-corrected chi connectivity index (χ1v) is 3.58. The van der Waals surface area contributed by atoms with E-state index in [1.165, 1.54) is 4.57 Å². The molecular weight excluding hydrogens is 161 g/mol. The molecule has 0 saturated heterocycles. The Morgan fingerprint density at radius 1 is 1.23 bits per heavy atom. The number of carboxylic acid groups (broad SMARTS) is 1. The van der Waals surface area contributed by atoms with Gasteiger partial charge in [0.05, 0.1) is 5.52 Å². The fourth-order valence-electron chi connectivity index (χ4n) is 1.25. The number of nitrogens with zero attached hydrogens (tertiary/aromatic N) is 1. The van der Waals surface area contributed by atoms with Crippen molar-refractivity contribution in [3.8, 4) is 0 Å². The molecule has 62 valence electrons. The van der Waals surface area contributed by atoms with Crippen LogP contribution < -0.4 is 0 Å². The Morgan fingerprint density at radius 2 is 1.92 bits per heavy atom. The van der Waals surface area contributed by atoms with Crippen LogP contribution in [0.25, 0.3) is 10.9 Å². The molecule has 0 atom stereocenters. The van der Waals surface area contributed by atoms with Crippen molar-refractivity contribution in [3.63, 3.8) is 0 Å². The van der Waals surface area contributed by atoms with Crippen LogP contribution in [0.4, 0.5) is 4.79 Å². The fourth-order valence-corrected chi connectivity index (χ4v) is 1.25. The van der Waals surface area contributed by atoms with Crippen molar-refractivity contribution in [2.75, 3.05) is 0 Å². The van der Waals surface area contributed by atoms with E-state index in [-0.39, 0.29) is 18.9 Å². The molecule has 13 heavy (non-hydrogen) atoms. The number of benzene rings is 1. The summed E-state index contributed by atoms with van der Waals surface area (Å²) in [6.45, 7) is 0. The Kier molecular flexibility index (Phi) is 2.82. The third-order valence-electron chi connectivity index (χ3n) is 1.81. The molecule has 1 heterocycles. The fraction of sp³-hybridized carbons (Fsp3) is 0. The van der Waals surface area contributed by atoms with Crippen molar-refractivity contribution in [2.24, 2.45) is 0 Å². The van der Waals surface area contributed by atoms with Crippen LogP contribution in [0.5, 0.6) is 0 Å². The minimum absolute atomic E-state index is 0. The summed E-state index contributed by atoms with van der Waals surface area (Å²) in [6.07, 6.45) is 0.601. The average Bonchev–Trinajstić information content (AvgIpc) is 2.47. The molecule has 0 amide bonds. The first-order valence-electron chi connectivity index (χ1n) is 3.58. The quantitative estimate of drug-likeness (QED) is 0.607. The standard InChI is InChI=1S/C9H7NO2.Li.H/c11-9(12)10-6-5-7-3-1-2-4-8(7)10;;/h1-6H,(H,11,12);;. The van der Waals surface area contributed by atoms with Gasteiger partial charge in [-0.3, -0.25) is 4.57 Å². The second kappa shape index (κ2) is 3.69. The Bertz CT molecular complexity index is 436. The zero-order chi connectivity index (χ0) is 8.55. The van der Waals surface area contributed by atoms with Crippen LogP contribution >= 0.6 is 0 Å². The number of carbonyl (C=O) groups is 1. The molecule has 4 heteroatoms. The molecule has 0 aliphatic heterocycles. The Morgan fingerprint density at radius 3 is 2.62 bits per heavy atom. The van der Waals surface area contributed by atoms with Gasteiger partial charge >= 0.3 is 25.0 Å². The van der Waals surface area contributed by atoms with Gasteiger partial charge in [0.15, 0.2) is 0 Å². The SMILES string of the molecule is O=C(O)n1ccc2ccccc21.[LiH]. The van der Waals surface area contributed by atoms with E-state index in [1.807, 2.05) is 18.2 Å². The van der Waals surface area contributed by atoms with E-state index in [0.717, 1.165) is 10.9 Å². The van der Waals surface area contributed by atoms with E-state index in [0.29, 0.717) is 0 Å². The topological polar surface area (TPSA) is 42.2 Å². The van der Waals surface area contributed by atoms with Crippen molar-refractivity contribution < 1.29 is 9.90 Å². The molecular formula is C9H8LiNO2. The first-order chi connectivity index (χ1) is 5.79. The van der Waals surface area contributed by atoms with Crippen LogP contribution in [-0.4, -0.2) is 34.6 Å². The minimum atomic E-state index is -0.948. The summed E-state index contributed by atoms with van der Waals surface area (Å²) in [7, 11) is 0. The van der Waals surface area contributed by atoms with Gasteiger partial charge in [0, 0.05) is 11.6 Å². The molecule has 1 N–H and O–H groups in total. The number of hydrogen-bond donors (Lipinski definition) is 1. The summed E-state index contributed by atoms with van der Waals surface area (Å²) in [6, 6.07) is 9.15. The normalized spacial score (nSPS) is 9.54. The average molecular weight is 169 g/mol. The Labute approximate surface area is 87.2 Å². The van der Waals surface area contributed by atoms with Gasteiger partial charge in [0.1, 0.15) is 0 Å². The third-order valence-corrected chi connectivity index (χ3v) is 1.81. The number of fused-ring (bicyclic) bond motifs is 1. The second-order valence-electron chi connectivity index (χ2n) is 2.53. The maximum atomic E-state index is 10.6. The molecule has 1 aromatic carbocycles. The van der Waals surface area contributed by atoms with Crippen LogP contribution in [0, 0.1) is 0 Å². The van der Waals surface area contributed by atoms with E-state index >= 15 is 0 Å². The summed E-state index contributed by atoms with van der Waals surface area (Å²) in [5, 5.41) is 9.68. The molecule has 0 saturated carbocycles. The predicted octanol–water partition coefficient (Wildman–Crippen LogP) is 1.52. The summed E-state index contributed by atoms with van der Waals surface area (Å²) >= 11 is 0. The van der Waals surface area contributed by atoms with Crippen molar-refractivity contribution in [1.82, 2.24) is 4.57 Å². The van der Waals surface area contributed by atoms with Crippen molar-refractivity contribution in [2.45, 2.75) is 0 Å². The van der Waals surface area contributed by atoms with Gasteiger partial charge in [-0.05, 0) is 12.1 Å². The summed E-state index contributed by atoms with van der Waals surface area (Å²) in [4.78, 5) is 10.6. The van der Waals surface area contributed by atoms with Crippen LogP contribution in [0.1, 0.15) is 0 Å². The Balaban J connectivity index is 0.000000845. The number of hydrogen-bond acceptors (Lipinski definition) is 1. The predicted molar refractivity (Wildman–Crippen MR) is 52.5 cm³/mol. The molecule has 0 aliphatic carbocycles. The van der Waals surface area contributed by atoms with E-state index in [2.05, 4.69) is 0 Å². The molecule has 0 fully saturated rings. The Hall–Kier alpha value is -1.17. The van der Waals surface area contributed by atoms with E-state index in [9.17, 15) is 4.79 Å². The monoisotopic (exact) mass is 169 g/mol. The molecule has 0 spiro atoms. The first kappa shape index (κ1) is 9.91. The van der Waals surface area contributed by atoms with Gasteiger partial charge in [-0.15, -0.1) is 0 Å². The molecule has 0 aliphatic rings. The van der Waals surface area contributed by atoms with Crippen LogP contribution in [0.15, 0.2) is 36.5 Å². The van der Waals surface area contributed by atoms with E-state index < -0.39 is 6.09 Å². The van der Waals surface area contributed by atoms with Crippen LogP contribution in [0.2, 0.25) is 0 Å². The molecule has 0 radical (unpaired) electrons. The summed E-state index contributed by atoms with van der Waals surface area (Å²) in [5.74, 6) is 0. The van der Waals surface area contributed by atoms with Gasteiger partial charge in [-0.25, -0.2) is 4.79 Å². The van der Waals surface area contributed by atoms with Crippen LogP contribution in [-0.2, 0) is 0 Å². The molecule has 2 rings (SSSR count). The number of aromatic nitrogens is 1. The molecule has 0 unspecified atom stereocenters. The van der Waals surface area contributed by atoms with Gasteiger partial charge in [-0.2, -0.15) is 0 Å². The second-order valence-corrected chi connectivity index (χ2v) is 2.53. The van der Waals surface area contributed by atoms with E-state index in [1.54, 1.807) is 18.3 Å². The molecule has 0 bridgehead atoms.